The van der Waals surface area contributed by atoms with Crippen molar-refractivity contribution >= 4 is 52.1 Å². The lowest BCUT2D eigenvalue weighted by atomic mass is 9.97. The number of carbonyl (C=O) groups excluding carboxylic acids is 3. The molecule has 0 fully saturated rings. The first-order chi connectivity index (χ1) is 32.7. The number of benzene rings is 3. The Labute approximate surface area is 401 Å². The zero-order valence-electron chi connectivity index (χ0n) is 38.5. The first kappa shape index (κ1) is 45.9. The van der Waals surface area contributed by atoms with E-state index in [-0.39, 0.29) is 42.8 Å². The summed E-state index contributed by atoms with van der Waals surface area (Å²) in [4.78, 5) is 74.9. The number of rotatable bonds is 11. The van der Waals surface area contributed by atoms with Gasteiger partial charge in [-0.3, -0.25) is 38.1 Å². The van der Waals surface area contributed by atoms with Crippen LogP contribution >= 0.6 is 22.9 Å². The molecule has 0 radical (unpaired) electrons. The lowest BCUT2D eigenvalue weighted by molar-refractivity contribution is -0.141. The lowest BCUT2D eigenvalue weighted by Gasteiger charge is -2.31. The highest BCUT2D eigenvalue weighted by Gasteiger charge is 2.33. The van der Waals surface area contributed by atoms with Crippen LogP contribution in [0.5, 0.6) is 0 Å². The Morgan fingerprint density at radius 1 is 0.882 bits per heavy atom. The van der Waals surface area contributed by atoms with Crippen LogP contribution in [0, 0.1) is 26.7 Å². The van der Waals surface area contributed by atoms with Crippen LogP contribution in [0.15, 0.2) is 112 Å². The van der Waals surface area contributed by atoms with Crippen LogP contribution in [0.1, 0.15) is 86.7 Å². The Balaban J connectivity index is 0.911. The van der Waals surface area contributed by atoms with E-state index < -0.39 is 17.6 Å². The quantitative estimate of drug-likeness (QED) is 0.127. The van der Waals surface area contributed by atoms with Crippen molar-refractivity contribution in [1.29, 1.82) is 0 Å². The molecule has 0 bridgehead atoms. The molecule has 2 aliphatic heterocycles. The molecule has 1 atom stereocenters. The van der Waals surface area contributed by atoms with Crippen LogP contribution in [0.25, 0.3) is 21.8 Å². The fourth-order valence-electron chi connectivity index (χ4n) is 8.93. The number of thiophene rings is 1. The van der Waals surface area contributed by atoms with E-state index in [9.17, 15) is 24.0 Å². The van der Waals surface area contributed by atoms with Crippen molar-refractivity contribution in [3.63, 3.8) is 0 Å². The summed E-state index contributed by atoms with van der Waals surface area (Å²) in [5.74, 6) is 0.523. The van der Waals surface area contributed by atoms with E-state index in [2.05, 4.69) is 29.4 Å². The molecule has 346 valence electrons. The number of aliphatic imine (C=N–C) groups is 1. The number of esters is 1. The number of hydrogen-bond donors (Lipinski definition) is 1. The highest BCUT2D eigenvalue weighted by molar-refractivity contribution is 7.15. The van der Waals surface area contributed by atoms with Gasteiger partial charge in [-0.1, -0.05) is 61.8 Å². The van der Waals surface area contributed by atoms with Gasteiger partial charge in [0.1, 0.15) is 23.4 Å². The lowest BCUT2D eigenvalue weighted by Crippen LogP contribution is -2.40. The highest BCUT2D eigenvalue weighted by atomic mass is 35.5. The van der Waals surface area contributed by atoms with E-state index >= 15 is 0 Å². The molecule has 16 heteroatoms. The molecule has 0 spiro atoms. The number of aromatic nitrogens is 5. The van der Waals surface area contributed by atoms with Crippen LogP contribution in [-0.4, -0.2) is 65.9 Å². The van der Waals surface area contributed by atoms with E-state index in [1.54, 1.807) is 39.0 Å². The molecule has 3 aromatic carbocycles. The van der Waals surface area contributed by atoms with Crippen molar-refractivity contribution in [3.8, 4) is 21.8 Å². The van der Waals surface area contributed by atoms with Crippen molar-refractivity contribution in [2.45, 2.75) is 73.0 Å². The average Bonchev–Trinajstić information content (AvgIpc) is 3.81. The second-order valence-corrected chi connectivity index (χ2v) is 19.2. The maximum absolute atomic E-state index is 14.1. The van der Waals surface area contributed by atoms with Gasteiger partial charge >= 0.3 is 5.97 Å². The summed E-state index contributed by atoms with van der Waals surface area (Å²) >= 11 is 7.93. The molecule has 2 aliphatic rings. The molecule has 0 saturated heterocycles. The smallest absolute Gasteiger partial charge is 0.325 e. The van der Waals surface area contributed by atoms with Crippen molar-refractivity contribution in [2.75, 3.05) is 19.0 Å². The number of nitrogens with zero attached hydrogens (tertiary/aromatic N) is 7. The molecular weight excluding hydrogens is 900 g/mol. The third kappa shape index (κ3) is 8.98. The number of halogens is 1. The van der Waals surface area contributed by atoms with Gasteiger partial charge in [0.25, 0.3) is 17.0 Å². The Morgan fingerprint density at radius 3 is 2.26 bits per heavy atom. The molecule has 9 rings (SSSR count). The number of carbonyl (C=O) groups is 3. The number of methoxy groups -OCH3 is 1. The summed E-state index contributed by atoms with van der Waals surface area (Å²) in [6.45, 7) is 10.5. The van der Waals surface area contributed by atoms with Gasteiger partial charge < -0.3 is 19.5 Å². The van der Waals surface area contributed by atoms with Gasteiger partial charge in [0, 0.05) is 62.3 Å². The highest BCUT2D eigenvalue weighted by Crippen LogP contribution is 2.40. The first-order valence-electron chi connectivity index (χ1n) is 22.4. The number of pyridine rings is 2. The van der Waals surface area contributed by atoms with Crippen molar-refractivity contribution < 1.29 is 19.1 Å². The maximum Gasteiger partial charge on any atom is 0.325 e. The Bertz CT molecular complexity index is 3280. The van der Waals surface area contributed by atoms with Crippen LogP contribution < -0.4 is 16.4 Å². The molecule has 6 heterocycles. The van der Waals surface area contributed by atoms with Gasteiger partial charge in [0.2, 0.25) is 5.91 Å². The molecule has 14 nitrogen and oxygen atoms in total. The number of amides is 2. The largest absolute Gasteiger partial charge is 0.468 e. The molecule has 0 aliphatic carbocycles. The van der Waals surface area contributed by atoms with E-state index in [0.29, 0.717) is 64.3 Å². The van der Waals surface area contributed by atoms with Crippen molar-refractivity contribution in [3.05, 3.63) is 179 Å². The monoisotopic (exact) mass is 948 g/mol. The SMILES string of the molecule is COC(=O)Cn1cc(-n2c3c(cc(CC(C)C)c2=O)CCN(C(=O)c2ccc(-c4ccc(NC(=O)C[C@@H]5N=C(c6ccc(Cl)cc6)c6c(sc(C)c6C)-n6c(C)nnc65)cc4)cc2)C3)ccc1=O. The summed E-state index contributed by atoms with van der Waals surface area (Å²) in [5, 5.41) is 13.6. The second-order valence-electron chi connectivity index (χ2n) is 17.6. The standard InChI is InChI=1S/C52H49ClN8O6S/c1-29(2)23-38-24-37-21-22-58(27-43(37)61(51(38)66)41-19-20-45(63)59(26-41)28-46(64)67-6)50(65)36-9-7-33(8-10-36)34-13-17-40(18-14-34)54-44(62)25-42-49-57-56-32(5)60(49)52-47(30(3)31(4)68-52)48(55-42)35-11-15-39(53)16-12-35/h7-20,24,26,29,42H,21-23,25,27-28H2,1-6H3,(H,54,62)/t42-/m0/s1. The van der Waals surface area contributed by atoms with Gasteiger partial charge in [0.05, 0.1) is 31.5 Å². The van der Waals surface area contributed by atoms with Crippen LogP contribution in [-0.2, 0) is 40.3 Å². The molecular formula is C52H49ClN8O6S. The zero-order valence-corrected chi connectivity index (χ0v) is 40.1. The maximum atomic E-state index is 14.1. The number of aryl methyl sites for hydroxylation is 2. The number of hydrogen-bond acceptors (Lipinski definition) is 10. The summed E-state index contributed by atoms with van der Waals surface area (Å²) in [6, 6.07) is 26.7. The third-order valence-corrected chi connectivity index (χ3v) is 13.9. The van der Waals surface area contributed by atoms with E-state index in [1.165, 1.54) is 23.9 Å². The molecule has 68 heavy (non-hydrogen) atoms. The minimum absolute atomic E-state index is 0.0326. The van der Waals surface area contributed by atoms with E-state index in [0.717, 1.165) is 49.0 Å². The summed E-state index contributed by atoms with van der Waals surface area (Å²) < 4.78 is 9.60. The average molecular weight is 950 g/mol. The van der Waals surface area contributed by atoms with E-state index in [4.69, 9.17) is 21.3 Å². The molecule has 2 amide bonds. The van der Waals surface area contributed by atoms with Gasteiger partial charge in [-0.25, -0.2) is 0 Å². The predicted octanol–water partition coefficient (Wildman–Crippen LogP) is 8.38. The number of ether oxygens (including phenoxy) is 1. The minimum Gasteiger partial charge on any atom is -0.468 e. The normalized spacial score (nSPS) is 14.1. The summed E-state index contributed by atoms with van der Waals surface area (Å²) in [5.41, 5.74) is 8.69. The van der Waals surface area contributed by atoms with Crippen molar-refractivity contribution in [1.82, 2.24) is 28.8 Å². The predicted molar refractivity (Wildman–Crippen MR) is 264 cm³/mol. The van der Waals surface area contributed by atoms with Gasteiger partial charge in [0.15, 0.2) is 5.82 Å². The Hall–Kier alpha value is -7.23. The second kappa shape index (κ2) is 18.8. The van der Waals surface area contributed by atoms with Crippen LogP contribution in [0.4, 0.5) is 5.69 Å². The van der Waals surface area contributed by atoms with Gasteiger partial charge in [-0.15, -0.1) is 21.5 Å². The summed E-state index contributed by atoms with van der Waals surface area (Å²) in [6.07, 6.45) is 2.61. The molecule has 7 aromatic rings. The Kier molecular flexibility index (Phi) is 12.7. The fraction of sp³-hybridized carbons (Fsp3) is 0.269. The number of fused-ring (bicyclic) bond motifs is 4. The first-order valence-corrected chi connectivity index (χ1v) is 23.6. The number of anilines is 1. The molecule has 4 aromatic heterocycles. The fourth-order valence-corrected chi connectivity index (χ4v) is 10.3. The minimum atomic E-state index is -0.613. The van der Waals surface area contributed by atoms with E-state index in [1.807, 2.05) is 92.1 Å². The zero-order chi connectivity index (χ0) is 48.0. The number of nitrogens with one attached hydrogen (secondary N) is 1. The molecule has 0 unspecified atom stereocenters. The van der Waals surface area contributed by atoms with Crippen LogP contribution in [0.3, 0.4) is 0 Å². The van der Waals surface area contributed by atoms with Crippen molar-refractivity contribution in [2.24, 2.45) is 10.9 Å². The third-order valence-electron chi connectivity index (χ3n) is 12.5. The summed E-state index contributed by atoms with van der Waals surface area (Å²) in [7, 11) is 1.25. The molecule has 0 saturated carbocycles. The topological polar surface area (TPSA) is 163 Å². The van der Waals surface area contributed by atoms with Gasteiger partial charge in [-0.05, 0) is 110 Å². The Morgan fingerprint density at radius 2 is 1.57 bits per heavy atom. The molecule has 1 N–H and O–H groups in total. The van der Waals surface area contributed by atoms with Gasteiger partial charge in [-0.2, -0.15) is 0 Å². The van der Waals surface area contributed by atoms with Crippen LogP contribution in [0.2, 0.25) is 5.02 Å².